The summed E-state index contributed by atoms with van der Waals surface area (Å²) in [5.41, 5.74) is 3.32. The molecule has 0 aliphatic carbocycles. The summed E-state index contributed by atoms with van der Waals surface area (Å²) in [6.45, 7) is -0.505. The fourth-order valence-corrected chi connectivity index (χ4v) is 4.35. The van der Waals surface area contributed by atoms with Crippen molar-refractivity contribution in [3.8, 4) is 0 Å². The van der Waals surface area contributed by atoms with E-state index in [-0.39, 0.29) is 23.8 Å². The molecule has 5 heteroatoms. The van der Waals surface area contributed by atoms with Gasteiger partial charge < -0.3 is 14.4 Å². The quantitative estimate of drug-likeness (QED) is 0.734. The Morgan fingerprint density at radius 1 is 1.04 bits per heavy atom. The molecule has 2 aromatic carbocycles. The van der Waals surface area contributed by atoms with Crippen molar-refractivity contribution in [2.75, 3.05) is 6.61 Å². The number of fused-ring (bicyclic) bond motifs is 6. The molecule has 130 valence electrons. The number of ketones is 1. The van der Waals surface area contributed by atoms with E-state index in [2.05, 4.69) is 0 Å². The Labute approximate surface area is 149 Å². The van der Waals surface area contributed by atoms with Gasteiger partial charge in [0.2, 0.25) is 0 Å². The molecule has 3 heterocycles. The molecule has 3 aromatic rings. The predicted molar refractivity (Wildman–Crippen MR) is 95.0 cm³/mol. The van der Waals surface area contributed by atoms with Crippen molar-refractivity contribution in [1.82, 2.24) is 4.90 Å². The minimum atomic E-state index is -0.505. The largest absolute Gasteiger partial charge is 0.451 e. The van der Waals surface area contributed by atoms with Gasteiger partial charge in [-0.1, -0.05) is 30.3 Å². The third-order valence-electron chi connectivity index (χ3n) is 5.53. The predicted octanol–water partition coefficient (Wildman–Crippen LogP) is 3.64. The van der Waals surface area contributed by atoms with E-state index in [0.29, 0.717) is 16.9 Å². The van der Waals surface area contributed by atoms with Gasteiger partial charge in [-0.3, -0.25) is 9.59 Å². The van der Waals surface area contributed by atoms with Crippen molar-refractivity contribution < 1.29 is 19.1 Å². The number of hydrogen-bond donors (Lipinski definition) is 1. The van der Waals surface area contributed by atoms with E-state index in [9.17, 15) is 9.59 Å². The molecule has 0 radical (unpaired) electrons. The summed E-state index contributed by atoms with van der Waals surface area (Å²) in [5, 5.41) is 10.0. The number of nitrogens with zero attached hydrogens (tertiary/aromatic N) is 1. The number of amides is 1. The molecular formula is C21H17NO4. The van der Waals surface area contributed by atoms with Crippen LogP contribution in [0, 0.1) is 0 Å². The number of furan rings is 1. The first-order valence-corrected chi connectivity index (χ1v) is 8.76. The molecule has 2 aliphatic heterocycles. The van der Waals surface area contributed by atoms with Gasteiger partial charge in [0.15, 0.2) is 11.5 Å². The smallest absolute Gasteiger partial charge is 0.290 e. The van der Waals surface area contributed by atoms with Crippen LogP contribution in [0.15, 0.2) is 52.9 Å². The van der Waals surface area contributed by atoms with E-state index in [1.165, 1.54) is 0 Å². The molecule has 1 aromatic heterocycles. The summed E-state index contributed by atoms with van der Waals surface area (Å²) in [5.74, 6) is -0.0618. The van der Waals surface area contributed by atoms with Crippen LogP contribution in [-0.2, 0) is 0 Å². The summed E-state index contributed by atoms with van der Waals surface area (Å²) in [6, 6.07) is 14.8. The second kappa shape index (κ2) is 5.54. The maximum atomic E-state index is 13.1. The van der Waals surface area contributed by atoms with Crippen LogP contribution in [0.1, 0.15) is 57.0 Å². The number of hydrogen-bond acceptors (Lipinski definition) is 4. The molecule has 2 aliphatic rings. The maximum absolute atomic E-state index is 13.1. The molecule has 26 heavy (non-hydrogen) atoms. The number of Topliss-reactive ketones (excluding diaryl/α,β-unsaturated/α-hetero) is 1. The first kappa shape index (κ1) is 15.3. The molecule has 2 unspecified atom stereocenters. The van der Waals surface area contributed by atoms with Crippen LogP contribution in [0.5, 0.6) is 0 Å². The average Bonchev–Trinajstić information content (AvgIpc) is 3.37. The number of aliphatic hydroxyl groups is 1. The van der Waals surface area contributed by atoms with Gasteiger partial charge in [0.05, 0.1) is 12.1 Å². The second-order valence-electron chi connectivity index (χ2n) is 6.89. The Kier molecular flexibility index (Phi) is 3.27. The van der Waals surface area contributed by atoms with Gasteiger partial charge in [-0.25, -0.2) is 0 Å². The normalized spacial score (nSPS) is 20.6. The highest BCUT2D eigenvalue weighted by molar-refractivity contribution is 5.98. The third-order valence-corrected chi connectivity index (χ3v) is 5.53. The fourth-order valence-electron chi connectivity index (χ4n) is 4.35. The number of benzene rings is 2. The molecule has 5 rings (SSSR count). The lowest BCUT2D eigenvalue weighted by Crippen LogP contribution is -2.27. The van der Waals surface area contributed by atoms with Crippen LogP contribution in [0.2, 0.25) is 0 Å². The molecular weight excluding hydrogens is 330 g/mol. The lowest BCUT2D eigenvalue weighted by atomic mass is 9.90. The van der Waals surface area contributed by atoms with Crippen molar-refractivity contribution in [2.24, 2.45) is 0 Å². The van der Waals surface area contributed by atoms with Crippen molar-refractivity contribution in [1.29, 1.82) is 0 Å². The number of para-hydroxylation sites is 1. The first-order valence-electron chi connectivity index (χ1n) is 8.76. The molecule has 1 saturated heterocycles. The molecule has 2 atom stereocenters. The van der Waals surface area contributed by atoms with Crippen LogP contribution in [0.3, 0.4) is 0 Å². The van der Waals surface area contributed by atoms with Gasteiger partial charge in [-0.05, 0) is 42.2 Å². The third kappa shape index (κ3) is 2.07. The summed E-state index contributed by atoms with van der Waals surface area (Å²) in [6.07, 6.45) is 1.79. The zero-order chi connectivity index (χ0) is 17.8. The van der Waals surface area contributed by atoms with Gasteiger partial charge in [-0.2, -0.15) is 0 Å². The SMILES string of the molecule is O=C(CO)c1ccc2c(c1)C1CCC2N1C(=O)c1cc2ccccc2o1. The Hall–Kier alpha value is -2.92. The lowest BCUT2D eigenvalue weighted by molar-refractivity contribution is 0.0666. The first-order chi connectivity index (χ1) is 12.7. The van der Waals surface area contributed by atoms with E-state index < -0.39 is 6.61 Å². The minimum Gasteiger partial charge on any atom is -0.451 e. The van der Waals surface area contributed by atoms with Crippen molar-refractivity contribution in [3.63, 3.8) is 0 Å². The van der Waals surface area contributed by atoms with Crippen molar-refractivity contribution in [3.05, 3.63) is 71.0 Å². The second-order valence-corrected chi connectivity index (χ2v) is 6.89. The molecule has 0 saturated carbocycles. The molecule has 1 fully saturated rings. The van der Waals surface area contributed by atoms with E-state index in [4.69, 9.17) is 9.52 Å². The Balaban J connectivity index is 1.52. The van der Waals surface area contributed by atoms with E-state index in [1.807, 2.05) is 41.3 Å². The van der Waals surface area contributed by atoms with Crippen LogP contribution in [0.25, 0.3) is 11.0 Å². The molecule has 2 bridgehead atoms. The number of aliphatic hydroxyl groups excluding tert-OH is 1. The van der Waals surface area contributed by atoms with Crippen LogP contribution < -0.4 is 0 Å². The number of carbonyl (C=O) groups is 2. The standard InChI is InChI=1S/C21H17NO4/c23-11-18(24)12-5-6-14-15(9-12)17-8-7-16(14)22(17)21(25)20-10-13-3-1-2-4-19(13)26-20/h1-6,9-10,16-17,23H,7-8,11H2. The highest BCUT2D eigenvalue weighted by atomic mass is 16.3. The minimum absolute atomic E-state index is 0.0222. The number of rotatable bonds is 3. The van der Waals surface area contributed by atoms with Crippen LogP contribution in [0.4, 0.5) is 0 Å². The van der Waals surface area contributed by atoms with Crippen molar-refractivity contribution >= 4 is 22.7 Å². The van der Waals surface area contributed by atoms with Gasteiger partial charge in [-0.15, -0.1) is 0 Å². The van der Waals surface area contributed by atoms with Gasteiger partial charge in [0, 0.05) is 10.9 Å². The Morgan fingerprint density at radius 3 is 2.58 bits per heavy atom. The van der Waals surface area contributed by atoms with Crippen LogP contribution >= 0.6 is 0 Å². The van der Waals surface area contributed by atoms with Gasteiger partial charge >= 0.3 is 0 Å². The molecule has 1 amide bonds. The molecule has 1 N–H and O–H groups in total. The zero-order valence-electron chi connectivity index (χ0n) is 14.0. The van der Waals surface area contributed by atoms with Crippen molar-refractivity contribution in [2.45, 2.75) is 24.9 Å². The molecule has 5 nitrogen and oxygen atoms in total. The van der Waals surface area contributed by atoms with Gasteiger partial charge in [0.25, 0.3) is 5.91 Å². The highest BCUT2D eigenvalue weighted by Gasteiger charge is 2.47. The van der Waals surface area contributed by atoms with Gasteiger partial charge in [0.1, 0.15) is 12.2 Å². The van der Waals surface area contributed by atoms with E-state index in [1.54, 1.807) is 12.1 Å². The summed E-state index contributed by atoms with van der Waals surface area (Å²) in [7, 11) is 0. The van der Waals surface area contributed by atoms with E-state index >= 15 is 0 Å². The monoisotopic (exact) mass is 347 g/mol. The van der Waals surface area contributed by atoms with Crippen LogP contribution in [-0.4, -0.2) is 28.3 Å². The summed E-state index contributed by atoms with van der Waals surface area (Å²) >= 11 is 0. The Bertz CT molecular complexity index is 1020. The molecule has 0 spiro atoms. The fraction of sp³-hybridized carbons (Fsp3) is 0.238. The lowest BCUT2D eigenvalue weighted by Gasteiger charge is -2.21. The topological polar surface area (TPSA) is 70.8 Å². The van der Waals surface area contributed by atoms with E-state index in [0.717, 1.165) is 29.4 Å². The summed E-state index contributed by atoms with van der Waals surface area (Å²) in [4.78, 5) is 26.8. The number of carbonyl (C=O) groups excluding carboxylic acids is 2. The zero-order valence-corrected chi connectivity index (χ0v) is 14.0. The summed E-state index contributed by atoms with van der Waals surface area (Å²) < 4.78 is 5.77. The Morgan fingerprint density at radius 2 is 1.81 bits per heavy atom. The highest BCUT2D eigenvalue weighted by Crippen LogP contribution is 2.53. The maximum Gasteiger partial charge on any atom is 0.290 e. The average molecular weight is 347 g/mol.